The van der Waals surface area contributed by atoms with Crippen molar-refractivity contribution in [3.63, 3.8) is 0 Å². The van der Waals surface area contributed by atoms with E-state index in [9.17, 15) is 4.79 Å². The number of benzene rings is 3. The van der Waals surface area contributed by atoms with E-state index in [-0.39, 0.29) is 5.91 Å². The average molecular weight is 480 g/mol. The van der Waals surface area contributed by atoms with Crippen LogP contribution in [0.3, 0.4) is 0 Å². The molecule has 1 saturated heterocycles. The van der Waals surface area contributed by atoms with Crippen LogP contribution in [-0.4, -0.2) is 34.0 Å². The van der Waals surface area contributed by atoms with Gasteiger partial charge >= 0.3 is 0 Å². The second kappa shape index (κ2) is 9.19. The van der Waals surface area contributed by atoms with E-state index in [1.165, 1.54) is 16.5 Å². The fraction of sp³-hybridized carbons (Fsp3) is 0.267. The number of likely N-dealkylation sites (tertiary alicyclic amines) is 1. The summed E-state index contributed by atoms with van der Waals surface area (Å²) in [7, 11) is 0. The standard InChI is InChI=1S/C30H29N3O3/c1-19-27(20(2)36-32-19)18-35-29-16-23-8-4-3-7-22(23)15-25(29)30(34)33-13-11-21(12-14-33)26-17-31-28-10-6-5-9-24(26)28/h3-10,15-17,21,31H,11-14,18H2,1-2H3. The predicted molar refractivity (Wildman–Crippen MR) is 140 cm³/mol. The van der Waals surface area contributed by atoms with Crippen LogP contribution < -0.4 is 4.74 Å². The molecule has 0 aliphatic carbocycles. The molecule has 3 aromatic carbocycles. The summed E-state index contributed by atoms with van der Waals surface area (Å²) >= 11 is 0. The molecule has 5 aromatic rings. The number of nitrogens with zero attached hydrogens (tertiary/aromatic N) is 2. The molecule has 1 N–H and O–H groups in total. The summed E-state index contributed by atoms with van der Waals surface area (Å²) in [6.45, 7) is 5.53. The van der Waals surface area contributed by atoms with Crippen LogP contribution in [0.1, 0.15) is 51.7 Å². The van der Waals surface area contributed by atoms with Gasteiger partial charge in [0.2, 0.25) is 0 Å². The predicted octanol–water partition coefficient (Wildman–Crippen LogP) is 6.52. The Morgan fingerprint density at radius 2 is 1.78 bits per heavy atom. The first-order chi connectivity index (χ1) is 17.6. The van der Waals surface area contributed by atoms with E-state index in [1.54, 1.807) is 0 Å². The second-order valence-electron chi connectivity index (χ2n) is 9.64. The van der Waals surface area contributed by atoms with E-state index in [0.29, 0.717) is 23.8 Å². The number of carbonyl (C=O) groups is 1. The number of rotatable bonds is 5. The van der Waals surface area contributed by atoms with Crippen molar-refractivity contribution in [3.05, 3.63) is 95.0 Å². The van der Waals surface area contributed by atoms with E-state index in [2.05, 4.69) is 40.6 Å². The summed E-state index contributed by atoms with van der Waals surface area (Å²) in [4.78, 5) is 19.1. The van der Waals surface area contributed by atoms with Crippen molar-refractivity contribution in [2.75, 3.05) is 13.1 Å². The minimum atomic E-state index is 0.0203. The topological polar surface area (TPSA) is 71.4 Å². The number of aryl methyl sites for hydroxylation is 2. The Kier molecular flexibility index (Phi) is 5.72. The third kappa shape index (κ3) is 4.02. The summed E-state index contributed by atoms with van der Waals surface area (Å²) in [5.74, 6) is 1.79. The third-order valence-electron chi connectivity index (χ3n) is 7.47. The summed E-state index contributed by atoms with van der Waals surface area (Å²) in [5.41, 5.74) is 4.85. The second-order valence-corrected chi connectivity index (χ2v) is 9.64. The first-order valence-electron chi connectivity index (χ1n) is 12.5. The Morgan fingerprint density at radius 3 is 2.53 bits per heavy atom. The van der Waals surface area contributed by atoms with Gasteiger partial charge < -0.3 is 19.1 Å². The fourth-order valence-electron chi connectivity index (χ4n) is 5.36. The fourth-order valence-corrected chi connectivity index (χ4v) is 5.36. The number of aromatic nitrogens is 2. The van der Waals surface area contributed by atoms with Crippen molar-refractivity contribution in [1.29, 1.82) is 0 Å². The molecule has 0 bridgehead atoms. The number of hydrogen-bond acceptors (Lipinski definition) is 4. The summed E-state index contributed by atoms with van der Waals surface area (Å²) in [5, 5.41) is 7.38. The average Bonchev–Trinajstić information content (AvgIpc) is 3.49. The van der Waals surface area contributed by atoms with Gasteiger partial charge in [0, 0.05) is 30.2 Å². The quantitative estimate of drug-likeness (QED) is 0.311. The van der Waals surface area contributed by atoms with Crippen LogP contribution in [0, 0.1) is 13.8 Å². The molecule has 6 heteroatoms. The Morgan fingerprint density at radius 1 is 1.06 bits per heavy atom. The molecule has 1 fully saturated rings. The van der Waals surface area contributed by atoms with Crippen molar-refractivity contribution in [2.24, 2.45) is 0 Å². The van der Waals surface area contributed by atoms with Crippen LogP contribution in [0.15, 0.2) is 71.4 Å². The van der Waals surface area contributed by atoms with Gasteiger partial charge in [0.25, 0.3) is 5.91 Å². The zero-order valence-electron chi connectivity index (χ0n) is 20.6. The number of para-hydroxylation sites is 1. The van der Waals surface area contributed by atoms with Crippen molar-refractivity contribution in [2.45, 2.75) is 39.2 Å². The van der Waals surface area contributed by atoms with E-state index in [1.807, 2.05) is 55.1 Å². The molecular weight excluding hydrogens is 450 g/mol. The number of fused-ring (bicyclic) bond motifs is 2. The van der Waals surface area contributed by atoms with Gasteiger partial charge in [0.15, 0.2) is 0 Å². The van der Waals surface area contributed by atoms with Gasteiger partial charge in [0.05, 0.1) is 16.8 Å². The van der Waals surface area contributed by atoms with E-state index >= 15 is 0 Å². The molecule has 0 radical (unpaired) electrons. The van der Waals surface area contributed by atoms with Crippen molar-refractivity contribution in [3.8, 4) is 5.75 Å². The number of ether oxygens (including phenoxy) is 1. The van der Waals surface area contributed by atoms with Crippen LogP contribution in [0.4, 0.5) is 0 Å². The highest BCUT2D eigenvalue weighted by Crippen LogP contribution is 2.35. The number of nitrogens with one attached hydrogen (secondary N) is 1. The molecular formula is C30H29N3O3. The maximum Gasteiger partial charge on any atom is 0.257 e. The van der Waals surface area contributed by atoms with Gasteiger partial charge in [-0.05, 0) is 67.1 Å². The normalized spacial score (nSPS) is 14.6. The molecule has 182 valence electrons. The molecule has 3 heterocycles. The SMILES string of the molecule is Cc1noc(C)c1COc1cc2ccccc2cc1C(=O)N1CCC(c2c[nH]c3ccccc23)CC1. The van der Waals surface area contributed by atoms with Crippen molar-refractivity contribution >= 4 is 27.6 Å². The van der Waals surface area contributed by atoms with Crippen molar-refractivity contribution in [1.82, 2.24) is 15.0 Å². The van der Waals surface area contributed by atoms with Crippen LogP contribution in [0.2, 0.25) is 0 Å². The van der Waals surface area contributed by atoms with Crippen LogP contribution in [0.5, 0.6) is 5.75 Å². The summed E-state index contributed by atoms with van der Waals surface area (Å²) in [6.07, 6.45) is 4.02. The first-order valence-corrected chi connectivity index (χ1v) is 12.5. The highest BCUT2D eigenvalue weighted by atomic mass is 16.5. The molecule has 2 aromatic heterocycles. The third-order valence-corrected chi connectivity index (χ3v) is 7.47. The smallest absolute Gasteiger partial charge is 0.257 e. The lowest BCUT2D eigenvalue weighted by atomic mass is 9.89. The van der Waals surface area contributed by atoms with E-state index in [0.717, 1.165) is 53.7 Å². The van der Waals surface area contributed by atoms with E-state index < -0.39 is 0 Å². The van der Waals surface area contributed by atoms with Crippen LogP contribution in [-0.2, 0) is 6.61 Å². The Hall–Kier alpha value is -4.06. The zero-order valence-corrected chi connectivity index (χ0v) is 20.6. The number of carbonyl (C=O) groups excluding carboxylic acids is 1. The summed E-state index contributed by atoms with van der Waals surface area (Å²) in [6, 6.07) is 20.4. The van der Waals surface area contributed by atoms with Gasteiger partial charge in [-0.15, -0.1) is 0 Å². The lowest BCUT2D eigenvalue weighted by Crippen LogP contribution is -2.38. The molecule has 0 atom stereocenters. The Labute approximate surface area is 209 Å². The number of hydrogen-bond donors (Lipinski definition) is 1. The molecule has 0 saturated carbocycles. The largest absolute Gasteiger partial charge is 0.488 e. The Bertz CT molecular complexity index is 1540. The molecule has 0 unspecified atom stereocenters. The molecule has 1 aliphatic heterocycles. The van der Waals surface area contributed by atoms with Crippen molar-refractivity contribution < 1.29 is 14.1 Å². The highest BCUT2D eigenvalue weighted by molar-refractivity contribution is 6.01. The zero-order chi connectivity index (χ0) is 24.6. The lowest BCUT2D eigenvalue weighted by molar-refractivity contribution is 0.0708. The van der Waals surface area contributed by atoms with Crippen LogP contribution in [0.25, 0.3) is 21.7 Å². The molecule has 6 rings (SSSR count). The molecule has 36 heavy (non-hydrogen) atoms. The molecule has 6 nitrogen and oxygen atoms in total. The number of aromatic amines is 1. The van der Waals surface area contributed by atoms with Gasteiger partial charge in [-0.3, -0.25) is 4.79 Å². The number of amides is 1. The minimum absolute atomic E-state index is 0.0203. The minimum Gasteiger partial charge on any atom is -0.488 e. The van der Waals surface area contributed by atoms with E-state index in [4.69, 9.17) is 9.26 Å². The maximum absolute atomic E-state index is 13.8. The monoisotopic (exact) mass is 479 g/mol. The van der Waals surface area contributed by atoms with Gasteiger partial charge in [-0.1, -0.05) is 47.6 Å². The molecule has 1 amide bonds. The van der Waals surface area contributed by atoms with Gasteiger partial charge in [0.1, 0.15) is 18.1 Å². The Balaban J connectivity index is 1.24. The number of H-pyrrole nitrogens is 1. The van der Waals surface area contributed by atoms with Gasteiger partial charge in [-0.2, -0.15) is 0 Å². The highest BCUT2D eigenvalue weighted by Gasteiger charge is 2.28. The summed E-state index contributed by atoms with van der Waals surface area (Å²) < 4.78 is 11.5. The lowest BCUT2D eigenvalue weighted by Gasteiger charge is -2.32. The maximum atomic E-state index is 13.8. The molecule has 0 spiro atoms. The van der Waals surface area contributed by atoms with Gasteiger partial charge in [-0.25, -0.2) is 0 Å². The number of piperidine rings is 1. The van der Waals surface area contributed by atoms with Crippen LogP contribution >= 0.6 is 0 Å². The molecule has 1 aliphatic rings. The first kappa shape index (κ1) is 22.4.